The second-order valence-corrected chi connectivity index (χ2v) is 7.68. The quantitative estimate of drug-likeness (QED) is 0.742. The smallest absolute Gasteiger partial charge is 0.264 e. The number of nitrogens with one attached hydrogen (secondary N) is 2. The molecule has 0 saturated carbocycles. The van der Waals surface area contributed by atoms with Gasteiger partial charge in [0.15, 0.2) is 0 Å². The molecule has 0 bridgehead atoms. The molecule has 0 aliphatic carbocycles. The van der Waals surface area contributed by atoms with E-state index in [2.05, 4.69) is 19.9 Å². The molecule has 3 aromatic rings. The van der Waals surface area contributed by atoms with Gasteiger partial charge in [-0.15, -0.1) is 10.2 Å². The van der Waals surface area contributed by atoms with Crippen LogP contribution < -0.4 is 4.72 Å². The van der Waals surface area contributed by atoms with Crippen molar-refractivity contribution in [1.82, 2.24) is 15.2 Å². The van der Waals surface area contributed by atoms with Gasteiger partial charge in [-0.1, -0.05) is 12.1 Å². The Labute approximate surface area is 146 Å². The normalized spacial score (nSPS) is 11.7. The molecule has 0 fully saturated rings. The number of H-pyrrole nitrogens is 1. The van der Waals surface area contributed by atoms with E-state index in [4.69, 9.17) is 4.42 Å². The third-order valence-corrected chi connectivity index (χ3v) is 5.86. The molecular weight excluding hydrogens is 340 g/mol. The zero-order valence-electron chi connectivity index (χ0n) is 14.8. The van der Waals surface area contributed by atoms with E-state index in [9.17, 15) is 8.42 Å². The first-order valence-corrected chi connectivity index (χ1v) is 9.27. The second-order valence-electron chi connectivity index (χ2n) is 6.06. The molecule has 0 spiro atoms. The number of benzene rings is 1. The van der Waals surface area contributed by atoms with Crippen molar-refractivity contribution in [3.63, 3.8) is 0 Å². The van der Waals surface area contributed by atoms with Crippen LogP contribution >= 0.6 is 0 Å². The summed E-state index contributed by atoms with van der Waals surface area (Å²) in [7, 11) is -3.77. The number of aromatic amines is 1. The highest BCUT2D eigenvalue weighted by Crippen LogP contribution is 2.31. The van der Waals surface area contributed by atoms with E-state index in [-0.39, 0.29) is 10.8 Å². The summed E-state index contributed by atoms with van der Waals surface area (Å²) in [5, 5.41) is 7.75. The third-order valence-electron chi connectivity index (χ3n) is 4.23. The lowest BCUT2D eigenvalue weighted by Gasteiger charge is -2.12. The Kier molecular flexibility index (Phi) is 4.16. The van der Waals surface area contributed by atoms with Crippen LogP contribution in [0.5, 0.6) is 0 Å². The van der Waals surface area contributed by atoms with E-state index < -0.39 is 10.0 Å². The van der Waals surface area contributed by atoms with Gasteiger partial charge in [-0.25, -0.2) is 8.42 Å². The van der Waals surface area contributed by atoms with Crippen LogP contribution in [0.1, 0.15) is 28.3 Å². The molecule has 132 valence electrons. The summed E-state index contributed by atoms with van der Waals surface area (Å²) in [6.07, 6.45) is 0. The number of hydrogen-bond donors (Lipinski definition) is 2. The Morgan fingerprint density at radius 2 is 1.76 bits per heavy atom. The van der Waals surface area contributed by atoms with Gasteiger partial charge in [-0.3, -0.25) is 4.72 Å². The molecule has 0 saturated heterocycles. The number of nitrogens with zero attached hydrogens (tertiary/aromatic N) is 2. The molecule has 25 heavy (non-hydrogen) atoms. The number of aryl methyl sites for hydroxylation is 3. The molecule has 7 nitrogen and oxygen atoms in total. The largest absolute Gasteiger partial charge is 0.420 e. The van der Waals surface area contributed by atoms with Gasteiger partial charge >= 0.3 is 0 Å². The average Bonchev–Trinajstić information content (AvgIpc) is 3.07. The molecule has 0 radical (unpaired) electrons. The lowest BCUT2D eigenvalue weighted by Crippen LogP contribution is -2.15. The predicted octanol–water partition coefficient (Wildman–Crippen LogP) is 3.41. The standard InChI is InChI=1S/C17H20N4O3S/c1-9-7-6-8-14(10(9)2)21-25(22,23)16-11(3)15(18-12(16)4)17-20-19-13(5)24-17/h6-8,18,21H,1-5H3. The minimum Gasteiger partial charge on any atom is -0.420 e. The van der Waals surface area contributed by atoms with Crippen LogP contribution in [0.2, 0.25) is 0 Å². The van der Waals surface area contributed by atoms with Crippen LogP contribution in [0.3, 0.4) is 0 Å². The molecule has 0 atom stereocenters. The third kappa shape index (κ3) is 3.05. The highest BCUT2D eigenvalue weighted by molar-refractivity contribution is 7.92. The molecule has 8 heteroatoms. The van der Waals surface area contributed by atoms with Crippen molar-refractivity contribution >= 4 is 15.7 Å². The topological polar surface area (TPSA) is 101 Å². The first-order chi connectivity index (χ1) is 11.7. The van der Waals surface area contributed by atoms with Crippen molar-refractivity contribution in [3.8, 4) is 11.6 Å². The zero-order valence-corrected chi connectivity index (χ0v) is 15.6. The Bertz CT molecular complexity index is 1050. The van der Waals surface area contributed by atoms with Gasteiger partial charge in [0.25, 0.3) is 15.9 Å². The number of hydrogen-bond acceptors (Lipinski definition) is 5. The number of sulfonamides is 1. The van der Waals surface area contributed by atoms with E-state index in [1.807, 2.05) is 26.0 Å². The Morgan fingerprint density at radius 1 is 1.04 bits per heavy atom. The van der Waals surface area contributed by atoms with Gasteiger partial charge < -0.3 is 9.40 Å². The van der Waals surface area contributed by atoms with Crippen LogP contribution in [-0.4, -0.2) is 23.6 Å². The minimum absolute atomic E-state index is 0.194. The van der Waals surface area contributed by atoms with Crippen LogP contribution in [-0.2, 0) is 10.0 Å². The van der Waals surface area contributed by atoms with Crippen LogP contribution in [0.25, 0.3) is 11.6 Å². The highest BCUT2D eigenvalue weighted by atomic mass is 32.2. The molecule has 0 unspecified atom stereocenters. The van der Waals surface area contributed by atoms with E-state index in [0.717, 1.165) is 11.1 Å². The molecule has 2 N–H and O–H groups in total. The molecule has 3 rings (SSSR count). The fourth-order valence-electron chi connectivity index (χ4n) is 2.80. The maximum atomic E-state index is 13.0. The molecule has 0 amide bonds. The minimum atomic E-state index is -3.77. The maximum Gasteiger partial charge on any atom is 0.264 e. The van der Waals surface area contributed by atoms with Crippen molar-refractivity contribution in [2.45, 2.75) is 39.5 Å². The number of aromatic nitrogens is 3. The first kappa shape index (κ1) is 17.2. The van der Waals surface area contributed by atoms with Crippen molar-refractivity contribution in [2.75, 3.05) is 4.72 Å². The summed E-state index contributed by atoms with van der Waals surface area (Å²) >= 11 is 0. The predicted molar refractivity (Wildman–Crippen MR) is 95.0 cm³/mol. The second kappa shape index (κ2) is 6.03. The zero-order chi connectivity index (χ0) is 18.4. The summed E-state index contributed by atoms with van der Waals surface area (Å²) in [5.41, 5.74) is 4.05. The van der Waals surface area contributed by atoms with Gasteiger partial charge in [0.05, 0.1) is 5.69 Å². The SMILES string of the molecule is Cc1nnc(-c2[nH]c(C)c(S(=O)(=O)Nc3cccc(C)c3C)c2C)o1. The highest BCUT2D eigenvalue weighted by Gasteiger charge is 2.27. The van der Waals surface area contributed by atoms with E-state index in [0.29, 0.717) is 28.5 Å². The molecule has 2 aromatic heterocycles. The number of rotatable bonds is 4. The molecule has 0 aliphatic heterocycles. The number of anilines is 1. The summed E-state index contributed by atoms with van der Waals surface area (Å²) in [6.45, 7) is 8.93. The van der Waals surface area contributed by atoms with Gasteiger partial charge in [0, 0.05) is 18.2 Å². The van der Waals surface area contributed by atoms with Crippen LogP contribution in [0.4, 0.5) is 5.69 Å². The Balaban J connectivity index is 2.06. The summed E-state index contributed by atoms with van der Waals surface area (Å²) in [5.74, 6) is 0.686. The van der Waals surface area contributed by atoms with Crippen molar-refractivity contribution in [3.05, 3.63) is 46.5 Å². The Morgan fingerprint density at radius 3 is 2.40 bits per heavy atom. The van der Waals surface area contributed by atoms with Crippen molar-refractivity contribution in [1.29, 1.82) is 0 Å². The van der Waals surface area contributed by atoms with Gasteiger partial charge in [0.1, 0.15) is 10.6 Å². The molecule has 2 heterocycles. The van der Waals surface area contributed by atoms with Crippen molar-refractivity contribution in [2.24, 2.45) is 0 Å². The lowest BCUT2D eigenvalue weighted by molar-refractivity contribution is 0.531. The fraction of sp³-hybridized carbons (Fsp3) is 0.294. The van der Waals surface area contributed by atoms with E-state index in [1.165, 1.54) is 0 Å². The van der Waals surface area contributed by atoms with Crippen LogP contribution in [0, 0.1) is 34.6 Å². The lowest BCUT2D eigenvalue weighted by atomic mass is 10.1. The first-order valence-electron chi connectivity index (χ1n) is 7.79. The Hall–Kier alpha value is -2.61. The monoisotopic (exact) mass is 360 g/mol. The van der Waals surface area contributed by atoms with E-state index in [1.54, 1.807) is 26.8 Å². The van der Waals surface area contributed by atoms with Crippen LogP contribution in [0.15, 0.2) is 27.5 Å². The van der Waals surface area contributed by atoms with Gasteiger partial charge in [0.2, 0.25) is 5.89 Å². The van der Waals surface area contributed by atoms with E-state index >= 15 is 0 Å². The maximum absolute atomic E-state index is 13.0. The molecular formula is C17H20N4O3S. The van der Waals surface area contributed by atoms with Crippen molar-refractivity contribution < 1.29 is 12.8 Å². The van der Waals surface area contributed by atoms with Gasteiger partial charge in [-0.05, 0) is 44.9 Å². The average molecular weight is 360 g/mol. The fourth-order valence-corrected chi connectivity index (χ4v) is 4.38. The summed E-state index contributed by atoms with van der Waals surface area (Å²) in [4.78, 5) is 3.24. The molecule has 0 aliphatic rings. The summed E-state index contributed by atoms with van der Waals surface area (Å²) < 4.78 is 34.0. The van der Waals surface area contributed by atoms with Gasteiger partial charge in [-0.2, -0.15) is 0 Å². The molecule has 1 aromatic carbocycles. The summed E-state index contributed by atoms with van der Waals surface area (Å²) in [6, 6.07) is 5.51.